The Morgan fingerprint density at radius 3 is 2.85 bits per heavy atom. The Bertz CT molecular complexity index is 586. The van der Waals surface area contributed by atoms with Gasteiger partial charge < -0.3 is 14.1 Å². The van der Waals surface area contributed by atoms with Crippen LogP contribution in [0.2, 0.25) is 0 Å². The second-order valence-corrected chi connectivity index (χ2v) is 5.64. The summed E-state index contributed by atoms with van der Waals surface area (Å²) >= 11 is 1.54. The smallest absolute Gasteiger partial charge is 0.362 e. The standard InChI is InChI=1S/C14H16N2O3S/c1-18-14(17)11-13(16-7-3-2-4-8-16)19-12(15-11)10-6-5-9-20-10/h5-6,9H,2-4,7-8H2,1H3. The molecule has 0 N–H and O–H groups in total. The number of ether oxygens (including phenoxy) is 1. The molecule has 0 amide bonds. The first-order valence-corrected chi connectivity index (χ1v) is 7.55. The normalized spacial score (nSPS) is 15.3. The molecule has 20 heavy (non-hydrogen) atoms. The molecule has 0 unspecified atom stereocenters. The highest BCUT2D eigenvalue weighted by Gasteiger charge is 2.27. The van der Waals surface area contributed by atoms with Crippen molar-refractivity contribution in [3.8, 4) is 10.8 Å². The Labute approximate surface area is 121 Å². The lowest BCUT2D eigenvalue weighted by molar-refractivity contribution is 0.0595. The molecule has 1 saturated heterocycles. The third-order valence-electron chi connectivity index (χ3n) is 3.36. The molecule has 0 aromatic carbocycles. The number of aromatic nitrogens is 1. The monoisotopic (exact) mass is 292 g/mol. The highest BCUT2D eigenvalue weighted by molar-refractivity contribution is 7.13. The maximum Gasteiger partial charge on any atom is 0.362 e. The molecule has 2 aromatic heterocycles. The number of methoxy groups -OCH3 is 1. The number of hydrogen-bond acceptors (Lipinski definition) is 6. The molecule has 0 atom stereocenters. The van der Waals surface area contributed by atoms with E-state index in [-0.39, 0.29) is 5.69 Å². The molecular formula is C14H16N2O3S. The number of rotatable bonds is 3. The van der Waals surface area contributed by atoms with Gasteiger partial charge in [-0.05, 0) is 30.7 Å². The fourth-order valence-corrected chi connectivity index (χ4v) is 3.01. The molecular weight excluding hydrogens is 276 g/mol. The fourth-order valence-electron chi connectivity index (χ4n) is 2.36. The lowest BCUT2D eigenvalue weighted by Gasteiger charge is -2.26. The van der Waals surface area contributed by atoms with Gasteiger partial charge in [0, 0.05) is 13.1 Å². The molecule has 3 heterocycles. The van der Waals surface area contributed by atoms with Crippen LogP contribution in [-0.2, 0) is 4.74 Å². The van der Waals surface area contributed by atoms with Gasteiger partial charge in [0.2, 0.25) is 17.5 Å². The maximum atomic E-state index is 11.9. The zero-order valence-electron chi connectivity index (χ0n) is 11.3. The summed E-state index contributed by atoms with van der Waals surface area (Å²) in [5.74, 6) is 0.582. The molecule has 0 radical (unpaired) electrons. The van der Waals surface area contributed by atoms with Gasteiger partial charge in [-0.25, -0.2) is 4.79 Å². The summed E-state index contributed by atoms with van der Waals surface area (Å²) in [6.07, 6.45) is 3.43. The van der Waals surface area contributed by atoms with Crippen molar-refractivity contribution in [1.29, 1.82) is 0 Å². The molecule has 106 valence electrons. The largest absolute Gasteiger partial charge is 0.464 e. The van der Waals surface area contributed by atoms with E-state index in [9.17, 15) is 4.79 Å². The number of esters is 1. The van der Waals surface area contributed by atoms with E-state index in [0.29, 0.717) is 11.8 Å². The Hall–Kier alpha value is -1.82. The first-order chi connectivity index (χ1) is 9.79. The number of thiophene rings is 1. The maximum absolute atomic E-state index is 11.9. The highest BCUT2D eigenvalue weighted by atomic mass is 32.1. The van der Waals surface area contributed by atoms with Crippen molar-refractivity contribution >= 4 is 23.2 Å². The zero-order valence-corrected chi connectivity index (χ0v) is 12.1. The van der Waals surface area contributed by atoms with Crippen molar-refractivity contribution in [2.45, 2.75) is 19.3 Å². The third kappa shape index (κ3) is 2.43. The minimum atomic E-state index is -0.447. The molecule has 5 nitrogen and oxygen atoms in total. The molecule has 6 heteroatoms. The van der Waals surface area contributed by atoms with Gasteiger partial charge in [-0.3, -0.25) is 0 Å². The average molecular weight is 292 g/mol. The van der Waals surface area contributed by atoms with Gasteiger partial charge in [0.15, 0.2) is 0 Å². The SMILES string of the molecule is COC(=O)c1nc(-c2cccs2)oc1N1CCCCC1. The summed E-state index contributed by atoms with van der Waals surface area (Å²) in [5.41, 5.74) is 0.276. The van der Waals surface area contributed by atoms with Crippen LogP contribution in [0, 0.1) is 0 Å². The molecule has 0 spiro atoms. The number of carbonyl (C=O) groups excluding carboxylic acids is 1. The highest BCUT2D eigenvalue weighted by Crippen LogP contribution is 2.32. The van der Waals surface area contributed by atoms with Crippen LogP contribution in [0.3, 0.4) is 0 Å². The number of nitrogens with zero attached hydrogens (tertiary/aromatic N) is 2. The minimum absolute atomic E-state index is 0.276. The van der Waals surface area contributed by atoms with Gasteiger partial charge in [0.25, 0.3) is 0 Å². The lowest BCUT2D eigenvalue weighted by atomic mass is 10.1. The number of piperidine rings is 1. The van der Waals surface area contributed by atoms with Gasteiger partial charge in [0.05, 0.1) is 12.0 Å². The topological polar surface area (TPSA) is 55.6 Å². The summed E-state index contributed by atoms with van der Waals surface area (Å²) in [7, 11) is 1.36. The predicted molar refractivity (Wildman–Crippen MR) is 77.2 cm³/mol. The fraction of sp³-hybridized carbons (Fsp3) is 0.429. The predicted octanol–water partition coefficient (Wildman–Crippen LogP) is 3.18. The molecule has 1 fully saturated rings. The van der Waals surface area contributed by atoms with Crippen molar-refractivity contribution in [2.24, 2.45) is 0 Å². The molecule has 1 aliphatic heterocycles. The van der Waals surface area contributed by atoms with E-state index in [2.05, 4.69) is 9.88 Å². The van der Waals surface area contributed by atoms with Crippen LogP contribution in [0.25, 0.3) is 10.8 Å². The van der Waals surface area contributed by atoms with Crippen LogP contribution in [0.1, 0.15) is 29.8 Å². The second-order valence-electron chi connectivity index (χ2n) is 4.69. The van der Waals surface area contributed by atoms with Crippen molar-refractivity contribution < 1.29 is 13.9 Å². The third-order valence-corrected chi connectivity index (χ3v) is 4.22. The summed E-state index contributed by atoms with van der Waals surface area (Å²) in [4.78, 5) is 19.2. The first kappa shape index (κ1) is 13.2. The van der Waals surface area contributed by atoms with E-state index in [4.69, 9.17) is 9.15 Å². The van der Waals surface area contributed by atoms with Crippen LogP contribution in [-0.4, -0.2) is 31.2 Å². The van der Waals surface area contributed by atoms with Gasteiger partial charge in [-0.15, -0.1) is 11.3 Å². The Kier molecular flexibility index (Phi) is 3.73. The van der Waals surface area contributed by atoms with Crippen LogP contribution >= 0.6 is 11.3 Å². The van der Waals surface area contributed by atoms with Gasteiger partial charge in [-0.2, -0.15) is 4.98 Å². The minimum Gasteiger partial charge on any atom is -0.464 e. The number of anilines is 1. The van der Waals surface area contributed by atoms with E-state index in [1.54, 1.807) is 0 Å². The van der Waals surface area contributed by atoms with Crippen LogP contribution in [0.5, 0.6) is 0 Å². The molecule has 0 aliphatic carbocycles. The van der Waals surface area contributed by atoms with Gasteiger partial charge in [0.1, 0.15) is 0 Å². The lowest BCUT2D eigenvalue weighted by Crippen LogP contribution is -2.30. The summed E-state index contributed by atoms with van der Waals surface area (Å²) < 4.78 is 10.7. The van der Waals surface area contributed by atoms with E-state index in [0.717, 1.165) is 30.8 Å². The summed E-state index contributed by atoms with van der Waals surface area (Å²) in [6.45, 7) is 1.78. The van der Waals surface area contributed by atoms with E-state index < -0.39 is 5.97 Å². The molecule has 0 bridgehead atoms. The van der Waals surface area contributed by atoms with Gasteiger partial charge in [-0.1, -0.05) is 6.07 Å². The van der Waals surface area contributed by atoms with Crippen molar-refractivity contribution in [1.82, 2.24) is 4.98 Å². The molecule has 1 aliphatic rings. The Morgan fingerprint density at radius 1 is 1.40 bits per heavy atom. The second kappa shape index (κ2) is 5.66. The molecule has 3 rings (SSSR count). The first-order valence-electron chi connectivity index (χ1n) is 6.67. The van der Waals surface area contributed by atoms with Crippen LogP contribution < -0.4 is 4.90 Å². The van der Waals surface area contributed by atoms with E-state index >= 15 is 0 Å². The number of hydrogen-bond donors (Lipinski definition) is 0. The summed E-state index contributed by atoms with van der Waals surface area (Å²) in [6, 6.07) is 3.86. The van der Waals surface area contributed by atoms with Crippen LogP contribution in [0.4, 0.5) is 5.88 Å². The molecule has 0 saturated carbocycles. The van der Waals surface area contributed by atoms with Crippen molar-refractivity contribution in [2.75, 3.05) is 25.1 Å². The molecule has 2 aromatic rings. The number of oxazole rings is 1. The Balaban J connectivity index is 1.99. The number of carbonyl (C=O) groups is 1. The van der Waals surface area contributed by atoms with Gasteiger partial charge >= 0.3 is 5.97 Å². The quantitative estimate of drug-likeness (QED) is 0.813. The van der Waals surface area contributed by atoms with Crippen LogP contribution in [0.15, 0.2) is 21.9 Å². The summed E-state index contributed by atoms with van der Waals surface area (Å²) in [5, 5.41) is 1.96. The van der Waals surface area contributed by atoms with E-state index in [1.807, 2.05) is 17.5 Å². The van der Waals surface area contributed by atoms with Crippen molar-refractivity contribution in [3.05, 3.63) is 23.2 Å². The Morgan fingerprint density at radius 2 is 2.20 bits per heavy atom. The average Bonchev–Trinajstić information content (AvgIpc) is 3.16. The van der Waals surface area contributed by atoms with Crippen molar-refractivity contribution in [3.63, 3.8) is 0 Å². The van der Waals surface area contributed by atoms with E-state index in [1.165, 1.54) is 24.9 Å². The zero-order chi connectivity index (χ0) is 13.9.